The maximum Gasteiger partial charge on any atom is 0.460 e. The minimum atomic E-state index is -6.95. The molecule has 0 spiro atoms. The van der Waals surface area contributed by atoms with Gasteiger partial charge in [0.2, 0.25) is 0 Å². The van der Waals surface area contributed by atoms with Crippen molar-refractivity contribution in [3.8, 4) is 16.9 Å². The highest BCUT2D eigenvalue weighted by atomic mass is 19.4. The molecule has 194 valence electrons. The van der Waals surface area contributed by atoms with Crippen LogP contribution >= 0.6 is 0 Å². The first-order valence-corrected chi connectivity index (χ1v) is 9.58. The van der Waals surface area contributed by atoms with E-state index in [-0.39, 0.29) is 22.4 Å². The summed E-state index contributed by atoms with van der Waals surface area (Å²) < 4.78 is 149. The van der Waals surface area contributed by atoms with Gasteiger partial charge in [-0.1, -0.05) is 6.07 Å². The summed E-state index contributed by atoms with van der Waals surface area (Å²) in [6.45, 7) is -0.516. The molecule has 0 saturated heterocycles. The van der Waals surface area contributed by atoms with E-state index in [9.17, 15) is 53.1 Å². The van der Waals surface area contributed by atoms with Gasteiger partial charge in [0.15, 0.2) is 0 Å². The summed E-state index contributed by atoms with van der Waals surface area (Å²) in [5, 5.41) is 8.82. The number of rotatable bonds is 10. The van der Waals surface area contributed by atoms with Crippen molar-refractivity contribution in [1.29, 1.82) is 0 Å². The maximum atomic E-state index is 14.3. The van der Waals surface area contributed by atoms with Gasteiger partial charge in [-0.25, -0.2) is 13.6 Å². The summed E-state index contributed by atoms with van der Waals surface area (Å²) in [5.41, 5.74) is -0.936. The average Bonchev–Trinajstić information content (AvgIpc) is 2.72. The highest BCUT2D eigenvalue weighted by molar-refractivity contribution is 5.88. The van der Waals surface area contributed by atoms with Gasteiger partial charge < -0.3 is 9.84 Å². The molecule has 0 saturated carbocycles. The first kappa shape index (κ1) is 28.2. The van der Waals surface area contributed by atoms with Crippen molar-refractivity contribution in [3.05, 3.63) is 53.6 Å². The number of hydrogen-bond acceptors (Lipinski definition) is 2. The predicted octanol–water partition coefficient (Wildman–Crippen LogP) is 7.35. The largest absolute Gasteiger partial charge is 0.493 e. The molecular weight excluding hydrogens is 509 g/mol. The monoisotopic (exact) mass is 524 g/mol. The van der Waals surface area contributed by atoms with Crippen molar-refractivity contribution in [1.82, 2.24) is 0 Å². The number of carboxylic acids is 1. The molecule has 0 aliphatic carbocycles. The molecule has 0 aliphatic rings. The van der Waals surface area contributed by atoms with Crippen LogP contribution in [0, 0.1) is 11.6 Å². The lowest BCUT2D eigenvalue weighted by Gasteiger charge is -2.33. The number of hydrogen-bond donors (Lipinski definition) is 1. The van der Waals surface area contributed by atoms with Crippen molar-refractivity contribution in [2.75, 3.05) is 6.61 Å². The molecule has 0 aromatic heterocycles. The van der Waals surface area contributed by atoms with Crippen LogP contribution in [0.5, 0.6) is 5.75 Å². The van der Waals surface area contributed by atoms with Gasteiger partial charge in [0.1, 0.15) is 17.4 Å². The number of benzene rings is 2. The predicted molar refractivity (Wildman–Crippen MR) is 99.0 cm³/mol. The van der Waals surface area contributed by atoms with Crippen LogP contribution in [0.2, 0.25) is 0 Å². The number of ether oxygens (including phenoxy) is 1. The molecule has 0 amide bonds. The van der Waals surface area contributed by atoms with Crippen LogP contribution in [0.25, 0.3) is 11.1 Å². The SMILES string of the molecule is O=C(O)c1ccc(-c2ccc(OCCCCC(F)(F)C(F)(F)C(F)(F)C(F)(F)F)cc2F)c(F)c1. The van der Waals surface area contributed by atoms with Crippen LogP contribution < -0.4 is 4.74 Å². The van der Waals surface area contributed by atoms with Gasteiger partial charge in [0, 0.05) is 23.6 Å². The second-order valence-electron chi connectivity index (χ2n) is 7.30. The smallest absolute Gasteiger partial charge is 0.460 e. The highest BCUT2D eigenvalue weighted by Gasteiger charge is 2.81. The minimum absolute atomic E-state index is 0.213. The maximum absolute atomic E-state index is 14.3. The molecule has 2 rings (SSSR count). The van der Waals surface area contributed by atoms with Crippen LogP contribution in [0.4, 0.5) is 48.3 Å². The quantitative estimate of drug-likeness (QED) is 0.261. The Labute approximate surface area is 190 Å². The number of carboxylic acid groups (broad SMARTS) is 1. The molecule has 2 aromatic rings. The van der Waals surface area contributed by atoms with Crippen molar-refractivity contribution < 1.29 is 62.9 Å². The van der Waals surface area contributed by atoms with E-state index in [0.29, 0.717) is 6.07 Å². The summed E-state index contributed by atoms with van der Waals surface area (Å²) in [6.07, 6.45) is -10.3. The topological polar surface area (TPSA) is 46.5 Å². The molecular formula is C21H15F11O3. The number of halogens is 11. The molecule has 1 N–H and O–H groups in total. The molecule has 3 nitrogen and oxygen atoms in total. The Kier molecular flexibility index (Phi) is 7.97. The summed E-state index contributed by atoms with van der Waals surface area (Å²) in [5.74, 6) is -23.0. The fourth-order valence-electron chi connectivity index (χ4n) is 2.87. The van der Waals surface area contributed by atoms with Gasteiger partial charge in [0.05, 0.1) is 12.2 Å². The summed E-state index contributed by atoms with van der Waals surface area (Å²) in [7, 11) is 0. The second kappa shape index (κ2) is 9.90. The number of unbranched alkanes of at least 4 members (excludes halogenated alkanes) is 1. The van der Waals surface area contributed by atoms with E-state index in [2.05, 4.69) is 0 Å². The fraction of sp³-hybridized carbons (Fsp3) is 0.381. The zero-order valence-electron chi connectivity index (χ0n) is 17.2. The molecule has 0 aliphatic heterocycles. The normalized spacial score (nSPS) is 13.1. The van der Waals surface area contributed by atoms with Crippen LogP contribution in [0.3, 0.4) is 0 Å². The lowest BCUT2D eigenvalue weighted by molar-refractivity contribution is -0.396. The number of carbonyl (C=O) groups is 1. The molecule has 0 bridgehead atoms. The van der Waals surface area contributed by atoms with Crippen molar-refractivity contribution in [2.24, 2.45) is 0 Å². The molecule has 2 aromatic carbocycles. The first-order chi connectivity index (χ1) is 15.9. The van der Waals surface area contributed by atoms with Crippen LogP contribution in [-0.4, -0.2) is 41.6 Å². The van der Waals surface area contributed by atoms with E-state index in [1.165, 1.54) is 0 Å². The summed E-state index contributed by atoms with van der Waals surface area (Å²) in [6, 6.07) is 5.66. The van der Waals surface area contributed by atoms with Gasteiger partial charge in [-0.15, -0.1) is 0 Å². The average molecular weight is 524 g/mol. The van der Waals surface area contributed by atoms with E-state index in [4.69, 9.17) is 9.84 Å². The van der Waals surface area contributed by atoms with Crippen LogP contribution in [0.1, 0.15) is 29.6 Å². The van der Waals surface area contributed by atoms with Crippen molar-refractivity contribution in [2.45, 2.75) is 43.2 Å². The molecule has 14 heteroatoms. The molecule has 0 fully saturated rings. The van der Waals surface area contributed by atoms with Gasteiger partial charge in [-0.05, 0) is 37.1 Å². The molecule has 0 atom stereocenters. The second-order valence-corrected chi connectivity index (χ2v) is 7.30. The Morgan fingerprint density at radius 3 is 1.80 bits per heavy atom. The summed E-state index contributed by atoms with van der Waals surface area (Å²) >= 11 is 0. The summed E-state index contributed by atoms with van der Waals surface area (Å²) in [4.78, 5) is 10.8. The lowest BCUT2D eigenvalue weighted by Crippen LogP contribution is -2.60. The zero-order valence-corrected chi connectivity index (χ0v) is 17.2. The number of alkyl halides is 9. The van der Waals surface area contributed by atoms with E-state index in [1.807, 2.05) is 0 Å². The standard InChI is InChI=1S/C21H15F11O3/c22-15-9-11(17(33)34)3-5-13(15)14-6-4-12(10-16(14)23)35-8-2-1-7-18(24,25)19(26,27)20(28,29)21(30,31)32/h3-6,9-10H,1-2,7-8H2,(H,33,34). The highest BCUT2D eigenvalue weighted by Crippen LogP contribution is 2.54. The van der Waals surface area contributed by atoms with Crippen LogP contribution in [0.15, 0.2) is 36.4 Å². The first-order valence-electron chi connectivity index (χ1n) is 9.58. The minimum Gasteiger partial charge on any atom is -0.493 e. The zero-order chi connectivity index (χ0) is 26.8. The Bertz CT molecular complexity index is 1060. The Morgan fingerprint density at radius 1 is 0.771 bits per heavy atom. The molecule has 0 unspecified atom stereocenters. The third kappa shape index (κ3) is 5.78. The van der Waals surface area contributed by atoms with Gasteiger partial charge in [-0.3, -0.25) is 0 Å². The van der Waals surface area contributed by atoms with Crippen molar-refractivity contribution in [3.63, 3.8) is 0 Å². The van der Waals surface area contributed by atoms with Gasteiger partial charge in [0.25, 0.3) is 0 Å². The van der Waals surface area contributed by atoms with E-state index >= 15 is 0 Å². The molecule has 35 heavy (non-hydrogen) atoms. The third-order valence-corrected chi connectivity index (χ3v) is 4.81. The molecule has 0 radical (unpaired) electrons. The number of aromatic carboxylic acids is 1. The Morgan fingerprint density at radius 2 is 1.31 bits per heavy atom. The molecule has 0 heterocycles. The fourth-order valence-corrected chi connectivity index (χ4v) is 2.87. The Balaban J connectivity index is 1.97. The third-order valence-electron chi connectivity index (χ3n) is 4.81. The van der Waals surface area contributed by atoms with E-state index in [0.717, 1.165) is 30.3 Å². The van der Waals surface area contributed by atoms with Crippen molar-refractivity contribution >= 4 is 5.97 Å². The van der Waals surface area contributed by atoms with E-state index < -0.39 is 67.4 Å². The van der Waals surface area contributed by atoms with Crippen LogP contribution in [-0.2, 0) is 0 Å². The van der Waals surface area contributed by atoms with E-state index in [1.54, 1.807) is 0 Å². The van der Waals surface area contributed by atoms with Gasteiger partial charge in [-0.2, -0.15) is 39.5 Å². The Hall–Kier alpha value is -3.06. The van der Waals surface area contributed by atoms with Gasteiger partial charge >= 0.3 is 29.9 Å². The lowest BCUT2D eigenvalue weighted by atomic mass is 9.99.